The van der Waals surface area contributed by atoms with Crippen LogP contribution in [0.15, 0.2) is 29.2 Å². The lowest BCUT2D eigenvalue weighted by molar-refractivity contribution is 0.0953. The number of hydrogen-bond donors (Lipinski definition) is 1. The molecule has 0 spiro atoms. The molecule has 1 amide bonds. The van der Waals surface area contributed by atoms with Gasteiger partial charge >= 0.3 is 0 Å². The summed E-state index contributed by atoms with van der Waals surface area (Å²) in [6, 6.07) is 6.03. The Bertz CT molecular complexity index is 524. The van der Waals surface area contributed by atoms with Crippen molar-refractivity contribution < 1.29 is 13.2 Å². The standard InChI is InChI=1S/C12H18N2O3S/c1-4-8-13-12(15)10-6-5-7-11(9-10)18(16,17)14(2)3/h5-7,9H,4,8H2,1-3H3,(H,13,15). The van der Waals surface area contributed by atoms with Crippen molar-refractivity contribution in [1.29, 1.82) is 0 Å². The first-order chi connectivity index (χ1) is 8.39. The van der Waals surface area contributed by atoms with E-state index in [1.165, 1.54) is 26.2 Å². The molecule has 100 valence electrons. The Morgan fingerprint density at radius 1 is 1.33 bits per heavy atom. The molecule has 0 fully saturated rings. The normalized spacial score (nSPS) is 11.6. The molecule has 0 saturated carbocycles. The molecule has 0 aliphatic rings. The van der Waals surface area contributed by atoms with Gasteiger partial charge in [-0.3, -0.25) is 4.79 Å². The third-order valence-corrected chi connectivity index (χ3v) is 4.22. The molecule has 0 heterocycles. The van der Waals surface area contributed by atoms with Crippen molar-refractivity contribution in [3.05, 3.63) is 29.8 Å². The summed E-state index contributed by atoms with van der Waals surface area (Å²) in [6.07, 6.45) is 0.835. The molecule has 18 heavy (non-hydrogen) atoms. The van der Waals surface area contributed by atoms with Crippen LogP contribution in [-0.2, 0) is 10.0 Å². The van der Waals surface area contributed by atoms with Gasteiger partial charge in [-0.1, -0.05) is 13.0 Å². The number of nitrogens with one attached hydrogen (secondary N) is 1. The second-order valence-corrected chi connectivity index (χ2v) is 6.22. The quantitative estimate of drug-likeness (QED) is 0.870. The fraction of sp³-hybridized carbons (Fsp3) is 0.417. The number of hydrogen-bond acceptors (Lipinski definition) is 3. The summed E-state index contributed by atoms with van der Waals surface area (Å²) in [6.45, 7) is 2.52. The molecule has 0 unspecified atom stereocenters. The zero-order valence-electron chi connectivity index (χ0n) is 10.8. The van der Waals surface area contributed by atoms with E-state index in [4.69, 9.17) is 0 Å². The SMILES string of the molecule is CCCNC(=O)c1cccc(S(=O)(=O)N(C)C)c1. The molecule has 1 N–H and O–H groups in total. The van der Waals surface area contributed by atoms with Crippen molar-refractivity contribution in [3.8, 4) is 0 Å². The van der Waals surface area contributed by atoms with E-state index in [0.29, 0.717) is 12.1 Å². The average Bonchev–Trinajstić information content (AvgIpc) is 2.35. The Labute approximate surface area is 108 Å². The Morgan fingerprint density at radius 2 is 2.00 bits per heavy atom. The van der Waals surface area contributed by atoms with Crippen LogP contribution in [0.3, 0.4) is 0 Å². The molecule has 0 atom stereocenters. The third kappa shape index (κ3) is 3.30. The van der Waals surface area contributed by atoms with Crippen molar-refractivity contribution >= 4 is 15.9 Å². The van der Waals surface area contributed by atoms with Gasteiger partial charge in [-0.25, -0.2) is 12.7 Å². The lowest BCUT2D eigenvalue weighted by atomic mass is 10.2. The van der Waals surface area contributed by atoms with Gasteiger partial charge in [-0.2, -0.15) is 0 Å². The molecule has 0 radical (unpaired) electrons. The van der Waals surface area contributed by atoms with Crippen LogP contribution >= 0.6 is 0 Å². The van der Waals surface area contributed by atoms with Crippen LogP contribution < -0.4 is 5.32 Å². The number of amides is 1. The van der Waals surface area contributed by atoms with Gasteiger partial charge in [0.15, 0.2) is 0 Å². The molecule has 1 aromatic rings. The van der Waals surface area contributed by atoms with Gasteiger partial charge in [0.25, 0.3) is 5.91 Å². The van der Waals surface area contributed by atoms with E-state index < -0.39 is 10.0 Å². The van der Waals surface area contributed by atoms with Gasteiger partial charge in [-0.15, -0.1) is 0 Å². The molecule has 1 aromatic carbocycles. The fourth-order valence-corrected chi connectivity index (χ4v) is 2.30. The van der Waals surface area contributed by atoms with E-state index in [-0.39, 0.29) is 10.8 Å². The fourth-order valence-electron chi connectivity index (χ4n) is 1.35. The summed E-state index contributed by atoms with van der Waals surface area (Å²) in [5.74, 6) is -0.257. The molecular weight excluding hydrogens is 252 g/mol. The highest BCUT2D eigenvalue weighted by atomic mass is 32.2. The van der Waals surface area contributed by atoms with Gasteiger partial charge in [0.05, 0.1) is 4.90 Å². The monoisotopic (exact) mass is 270 g/mol. The maximum absolute atomic E-state index is 11.9. The number of nitrogens with zero attached hydrogens (tertiary/aromatic N) is 1. The highest BCUT2D eigenvalue weighted by Crippen LogP contribution is 2.14. The minimum Gasteiger partial charge on any atom is -0.352 e. The van der Waals surface area contributed by atoms with Crippen LogP contribution in [0.25, 0.3) is 0 Å². The second-order valence-electron chi connectivity index (χ2n) is 4.07. The van der Waals surface area contributed by atoms with E-state index in [2.05, 4.69) is 5.32 Å². The molecule has 0 saturated heterocycles. The molecule has 0 bridgehead atoms. The summed E-state index contributed by atoms with van der Waals surface area (Å²) in [5, 5.41) is 2.71. The van der Waals surface area contributed by atoms with Crippen LogP contribution in [0.4, 0.5) is 0 Å². The van der Waals surface area contributed by atoms with Crippen LogP contribution in [0, 0.1) is 0 Å². The lowest BCUT2D eigenvalue weighted by Crippen LogP contribution is -2.25. The van der Waals surface area contributed by atoms with Crippen molar-refractivity contribution in [3.63, 3.8) is 0 Å². The first kappa shape index (κ1) is 14.7. The van der Waals surface area contributed by atoms with Crippen molar-refractivity contribution in [2.24, 2.45) is 0 Å². The van der Waals surface area contributed by atoms with E-state index >= 15 is 0 Å². The first-order valence-corrected chi connectivity index (χ1v) is 7.14. The maximum atomic E-state index is 11.9. The highest BCUT2D eigenvalue weighted by Gasteiger charge is 2.18. The van der Waals surface area contributed by atoms with Gasteiger partial charge < -0.3 is 5.32 Å². The molecule has 5 nitrogen and oxygen atoms in total. The predicted molar refractivity (Wildman–Crippen MR) is 69.9 cm³/mol. The average molecular weight is 270 g/mol. The lowest BCUT2D eigenvalue weighted by Gasteiger charge is -2.12. The molecular formula is C12H18N2O3S. The predicted octanol–water partition coefficient (Wildman–Crippen LogP) is 1.08. The van der Waals surface area contributed by atoms with Gasteiger partial charge in [0, 0.05) is 26.2 Å². The Hall–Kier alpha value is -1.40. The Balaban J connectivity index is 3.03. The van der Waals surface area contributed by atoms with Crippen molar-refractivity contribution in [2.75, 3.05) is 20.6 Å². The molecule has 1 rings (SSSR count). The number of sulfonamides is 1. The summed E-state index contributed by atoms with van der Waals surface area (Å²) in [5.41, 5.74) is 0.353. The largest absolute Gasteiger partial charge is 0.352 e. The number of rotatable bonds is 5. The van der Waals surface area contributed by atoms with Crippen LogP contribution in [0.2, 0.25) is 0 Å². The van der Waals surface area contributed by atoms with Crippen molar-refractivity contribution in [1.82, 2.24) is 9.62 Å². The molecule has 6 heteroatoms. The van der Waals surface area contributed by atoms with Gasteiger partial charge in [-0.05, 0) is 24.6 Å². The number of carbonyl (C=O) groups is 1. The maximum Gasteiger partial charge on any atom is 0.251 e. The van der Waals surface area contributed by atoms with Crippen LogP contribution in [0.5, 0.6) is 0 Å². The number of carbonyl (C=O) groups excluding carboxylic acids is 1. The Morgan fingerprint density at radius 3 is 2.56 bits per heavy atom. The smallest absolute Gasteiger partial charge is 0.251 e. The van der Waals surface area contributed by atoms with Crippen molar-refractivity contribution in [2.45, 2.75) is 18.2 Å². The zero-order valence-corrected chi connectivity index (χ0v) is 11.6. The minimum atomic E-state index is -3.50. The van der Waals surface area contributed by atoms with E-state index in [9.17, 15) is 13.2 Å². The third-order valence-electron chi connectivity index (χ3n) is 2.41. The first-order valence-electron chi connectivity index (χ1n) is 5.70. The second kappa shape index (κ2) is 5.97. The van der Waals surface area contributed by atoms with E-state index in [1.54, 1.807) is 12.1 Å². The summed E-state index contributed by atoms with van der Waals surface area (Å²) >= 11 is 0. The Kier molecular flexibility index (Phi) is 4.86. The van der Waals surface area contributed by atoms with Gasteiger partial charge in [0.1, 0.15) is 0 Å². The molecule has 0 aliphatic carbocycles. The zero-order chi connectivity index (χ0) is 13.8. The van der Waals surface area contributed by atoms with E-state index in [0.717, 1.165) is 10.7 Å². The van der Waals surface area contributed by atoms with Crippen LogP contribution in [0.1, 0.15) is 23.7 Å². The summed E-state index contributed by atoms with van der Waals surface area (Å²) in [4.78, 5) is 11.9. The summed E-state index contributed by atoms with van der Waals surface area (Å²) < 4.78 is 25.0. The van der Waals surface area contributed by atoms with Crippen LogP contribution in [-0.4, -0.2) is 39.3 Å². The van der Waals surface area contributed by atoms with E-state index in [1.807, 2.05) is 6.92 Å². The number of benzene rings is 1. The topological polar surface area (TPSA) is 66.5 Å². The molecule has 0 aromatic heterocycles. The summed E-state index contributed by atoms with van der Waals surface area (Å²) in [7, 11) is -0.585. The minimum absolute atomic E-state index is 0.122. The highest BCUT2D eigenvalue weighted by molar-refractivity contribution is 7.89. The molecule has 0 aliphatic heterocycles. The van der Waals surface area contributed by atoms with Gasteiger partial charge in [0.2, 0.25) is 10.0 Å².